The average Bonchev–Trinajstić information content (AvgIpc) is 2.56. The highest BCUT2D eigenvalue weighted by Gasteiger charge is 2.32. The average molecular weight is 276 g/mol. The van der Waals surface area contributed by atoms with Gasteiger partial charge in [-0.3, -0.25) is 4.79 Å². The Labute approximate surface area is 118 Å². The van der Waals surface area contributed by atoms with Crippen LogP contribution in [0.4, 0.5) is 16.2 Å². The van der Waals surface area contributed by atoms with Gasteiger partial charge in [0.1, 0.15) is 6.04 Å². The van der Waals surface area contributed by atoms with Crippen LogP contribution in [-0.2, 0) is 4.79 Å². The van der Waals surface area contributed by atoms with Gasteiger partial charge in [-0.2, -0.15) is 0 Å². The molecule has 3 amide bonds. The summed E-state index contributed by atoms with van der Waals surface area (Å²) in [6.45, 7) is 2.94. The van der Waals surface area contributed by atoms with E-state index in [1.165, 1.54) is 7.05 Å². The molecule has 1 aromatic rings. The van der Waals surface area contributed by atoms with Crippen molar-refractivity contribution in [2.24, 2.45) is 0 Å². The molecule has 0 aromatic heterocycles. The standard InChI is InChI=1S/C14H20N4O2/c1-4-18-12-8-6-5-7-11(12)17(3)9-10(13(18)19)16-14(20)15-2/h5-8,10H,4,9H2,1-3H3,(H2,15,16,20). The Bertz CT molecular complexity index is 518. The minimum absolute atomic E-state index is 0.0899. The van der Waals surface area contributed by atoms with Crippen LogP contribution in [0.3, 0.4) is 0 Å². The molecule has 6 nitrogen and oxygen atoms in total. The number of nitrogens with one attached hydrogen (secondary N) is 2. The number of urea groups is 1. The van der Waals surface area contributed by atoms with Crippen molar-refractivity contribution in [2.75, 3.05) is 37.0 Å². The number of nitrogens with zero attached hydrogens (tertiary/aromatic N) is 2. The fraction of sp³-hybridized carbons (Fsp3) is 0.429. The van der Waals surface area contributed by atoms with Crippen LogP contribution in [0.5, 0.6) is 0 Å². The summed E-state index contributed by atoms with van der Waals surface area (Å²) in [7, 11) is 3.45. The van der Waals surface area contributed by atoms with Gasteiger partial charge in [0.25, 0.3) is 5.91 Å². The molecule has 1 aliphatic heterocycles. The van der Waals surface area contributed by atoms with Gasteiger partial charge < -0.3 is 20.4 Å². The molecule has 2 N–H and O–H groups in total. The summed E-state index contributed by atoms with van der Waals surface area (Å²) < 4.78 is 0. The fourth-order valence-electron chi connectivity index (χ4n) is 2.44. The Hall–Kier alpha value is -2.24. The highest BCUT2D eigenvalue weighted by atomic mass is 16.2. The SMILES string of the molecule is CCN1C(=O)C(NC(=O)NC)CN(C)c2ccccc21. The van der Waals surface area contributed by atoms with Crippen molar-refractivity contribution >= 4 is 23.3 Å². The number of carbonyl (C=O) groups excluding carboxylic acids is 2. The molecule has 6 heteroatoms. The minimum Gasteiger partial charge on any atom is -0.370 e. The number of amides is 3. The molecule has 0 saturated heterocycles. The maximum atomic E-state index is 12.6. The number of fused-ring (bicyclic) bond motifs is 1. The zero-order chi connectivity index (χ0) is 14.7. The van der Waals surface area contributed by atoms with Crippen LogP contribution in [0.1, 0.15) is 6.92 Å². The summed E-state index contributed by atoms with van der Waals surface area (Å²) in [5.41, 5.74) is 1.87. The van der Waals surface area contributed by atoms with Crippen molar-refractivity contribution in [3.63, 3.8) is 0 Å². The van der Waals surface area contributed by atoms with E-state index >= 15 is 0 Å². The molecule has 0 aliphatic carbocycles. The number of benzene rings is 1. The second-order valence-corrected chi connectivity index (χ2v) is 4.73. The van der Waals surface area contributed by atoms with Gasteiger partial charge >= 0.3 is 6.03 Å². The molecule has 0 saturated carbocycles. The van der Waals surface area contributed by atoms with Crippen LogP contribution in [0, 0.1) is 0 Å². The Morgan fingerprint density at radius 2 is 2.00 bits per heavy atom. The third-order valence-corrected chi connectivity index (χ3v) is 3.45. The number of hydrogen-bond donors (Lipinski definition) is 2. The van der Waals surface area contributed by atoms with Crippen molar-refractivity contribution in [3.05, 3.63) is 24.3 Å². The molecule has 1 atom stereocenters. The van der Waals surface area contributed by atoms with Gasteiger partial charge in [-0.15, -0.1) is 0 Å². The van der Waals surface area contributed by atoms with Crippen LogP contribution in [0.15, 0.2) is 24.3 Å². The molecular weight excluding hydrogens is 256 g/mol. The smallest absolute Gasteiger partial charge is 0.315 e. The third-order valence-electron chi connectivity index (χ3n) is 3.45. The molecule has 0 radical (unpaired) electrons. The number of hydrogen-bond acceptors (Lipinski definition) is 3. The van der Waals surface area contributed by atoms with Gasteiger partial charge in [0.2, 0.25) is 0 Å². The van der Waals surface area contributed by atoms with Gasteiger partial charge in [-0.05, 0) is 19.1 Å². The van der Waals surface area contributed by atoms with E-state index in [-0.39, 0.29) is 11.9 Å². The molecule has 0 fully saturated rings. The highest BCUT2D eigenvalue weighted by Crippen LogP contribution is 2.31. The summed E-state index contributed by atoms with van der Waals surface area (Å²) in [5, 5.41) is 5.19. The molecule has 20 heavy (non-hydrogen) atoms. The normalized spacial score (nSPS) is 18.4. The van der Waals surface area contributed by atoms with E-state index in [1.807, 2.05) is 43.1 Å². The minimum atomic E-state index is -0.563. The van der Waals surface area contributed by atoms with Gasteiger partial charge in [-0.1, -0.05) is 12.1 Å². The van der Waals surface area contributed by atoms with E-state index in [4.69, 9.17) is 0 Å². The third kappa shape index (κ3) is 2.54. The first-order valence-electron chi connectivity index (χ1n) is 6.68. The van der Waals surface area contributed by atoms with Gasteiger partial charge in [-0.25, -0.2) is 4.79 Å². The largest absolute Gasteiger partial charge is 0.370 e. The van der Waals surface area contributed by atoms with Crippen LogP contribution in [-0.4, -0.2) is 45.2 Å². The van der Waals surface area contributed by atoms with Crippen molar-refractivity contribution < 1.29 is 9.59 Å². The fourth-order valence-corrected chi connectivity index (χ4v) is 2.44. The lowest BCUT2D eigenvalue weighted by atomic mass is 10.2. The summed E-state index contributed by atoms with van der Waals surface area (Å²) in [5.74, 6) is -0.0899. The molecule has 2 rings (SSSR count). The first-order valence-corrected chi connectivity index (χ1v) is 6.68. The van der Waals surface area contributed by atoms with E-state index in [0.29, 0.717) is 13.1 Å². The number of para-hydroxylation sites is 2. The number of anilines is 2. The molecule has 108 valence electrons. The Morgan fingerprint density at radius 3 is 2.60 bits per heavy atom. The zero-order valence-corrected chi connectivity index (χ0v) is 12.0. The van der Waals surface area contributed by atoms with Crippen molar-refractivity contribution in [1.82, 2.24) is 10.6 Å². The monoisotopic (exact) mass is 276 g/mol. The van der Waals surface area contributed by atoms with Crippen molar-refractivity contribution in [1.29, 1.82) is 0 Å². The first-order chi connectivity index (χ1) is 9.58. The molecular formula is C14H20N4O2. The van der Waals surface area contributed by atoms with Crippen LogP contribution in [0.25, 0.3) is 0 Å². The molecule has 0 spiro atoms. The quantitative estimate of drug-likeness (QED) is 0.839. The van der Waals surface area contributed by atoms with Crippen LogP contribution >= 0.6 is 0 Å². The van der Waals surface area contributed by atoms with E-state index in [0.717, 1.165) is 11.4 Å². The molecule has 0 bridgehead atoms. The highest BCUT2D eigenvalue weighted by molar-refractivity contribution is 6.03. The Kier molecular flexibility index (Phi) is 4.12. The molecule has 1 aromatic carbocycles. The summed E-state index contributed by atoms with van der Waals surface area (Å²) in [6.07, 6.45) is 0. The van der Waals surface area contributed by atoms with E-state index < -0.39 is 6.04 Å². The number of rotatable bonds is 2. The van der Waals surface area contributed by atoms with Crippen molar-refractivity contribution in [3.8, 4) is 0 Å². The summed E-state index contributed by atoms with van der Waals surface area (Å²) in [6, 6.07) is 6.85. The lowest BCUT2D eigenvalue weighted by Crippen LogP contribution is -2.53. The van der Waals surface area contributed by atoms with E-state index in [1.54, 1.807) is 4.90 Å². The lowest BCUT2D eigenvalue weighted by Gasteiger charge is -2.23. The first kappa shape index (κ1) is 14.2. The number of likely N-dealkylation sites (N-methyl/N-ethyl adjacent to an activating group) is 2. The van der Waals surface area contributed by atoms with Gasteiger partial charge in [0.15, 0.2) is 0 Å². The Morgan fingerprint density at radius 1 is 1.35 bits per heavy atom. The topological polar surface area (TPSA) is 64.7 Å². The molecule has 1 heterocycles. The second kappa shape index (κ2) is 5.81. The second-order valence-electron chi connectivity index (χ2n) is 4.73. The van der Waals surface area contributed by atoms with Crippen molar-refractivity contribution in [2.45, 2.75) is 13.0 Å². The van der Waals surface area contributed by atoms with E-state index in [2.05, 4.69) is 10.6 Å². The number of carbonyl (C=O) groups is 2. The predicted molar refractivity (Wildman–Crippen MR) is 79.1 cm³/mol. The molecule has 1 aliphatic rings. The predicted octanol–water partition coefficient (Wildman–Crippen LogP) is 0.787. The maximum Gasteiger partial charge on any atom is 0.315 e. The van der Waals surface area contributed by atoms with Gasteiger partial charge in [0.05, 0.1) is 11.4 Å². The van der Waals surface area contributed by atoms with E-state index in [9.17, 15) is 9.59 Å². The molecule has 1 unspecified atom stereocenters. The Balaban J connectivity index is 2.37. The maximum absolute atomic E-state index is 12.6. The van der Waals surface area contributed by atoms with Gasteiger partial charge in [0, 0.05) is 27.2 Å². The summed E-state index contributed by atoms with van der Waals surface area (Å²) >= 11 is 0. The summed E-state index contributed by atoms with van der Waals surface area (Å²) in [4.78, 5) is 27.8. The van der Waals surface area contributed by atoms with Crippen LogP contribution < -0.4 is 20.4 Å². The lowest BCUT2D eigenvalue weighted by molar-refractivity contribution is -0.120. The zero-order valence-electron chi connectivity index (χ0n) is 12.0. The van der Waals surface area contributed by atoms with Crippen LogP contribution in [0.2, 0.25) is 0 Å².